The quantitative estimate of drug-likeness (QED) is 0.127. The van der Waals surface area contributed by atoms with Gasteiger partial charge in [-0.3, -0.25) is 9.13 Å². The van der Waals surface area contributed by atoms with Crippen molar-refractivity contribution in [2.24, 2.45) is 0 Å². The van der Waals surface area contributed by atoms with Gasteiger partial charge < -0.3 is 17.7 Å². The van der Waals surface area contributed by atoms with Crippen molar-refractivity contribution >= 4 is 196 Å². The molecule has 30 aromatic rings. The van der Waals surface area contributed by atoms with Crippen LogP contribution in [0, 0.1) is 0 Å². The van der Waals surface area contributed by atoms with Crippen molar-refractivity contribution in [3.05, 3.63) is 461 Å². The number of rotatable bonds is 10. The highest BCUT2D eigenvalue weighted by Crippen LogP contribution is 2.52. The van der Waals surface area contributed by atoms with Crippen LogP contribution in [0.1, 0.15) is 0 Å². The van der Waals surface area contributed by atoms with Crippen LogP contribution in [0.5, 0.6) is 0 Å². The number of furan rings is 4. The monoisotopic (exact) mass is 1760 g/mol. The lowest BCUT2D eigenvalue weighted by Gasteiger charge is -2.19. The molecule has 0 aliphatic carbocycles. The number of para-hydroxylation sites is 6. The van der Waals surface area contributed by atoms with Crippen LogP contribution < -0.4 is 0 Å². The van der Waals surface area contributed by atoms with Gasteiger partial charge in [-0.1, -0.05) is 315 Å². The highest BCUT2D eigenvalue weighted by molar-refractivity contribution is 6.27. The van der Waals surface area contributed by atoms with Gasteiger partial charge in [-0.2, -0.15) is 0 Å². The van der Waals surface area contributed by atoms with Crippen molar-refractivity contribution in [1.29, 1.82) is 0 Å². The van der Waals surface area contributed by atoms with E-state index < -0.39 is 0 Å². The Morgan fingerprint density at radius 2 is 0.420 bits per heavy atom. The van der Waals surface area contributed by atoms with E-state index in [9.17, 15) is 0 Å². The molecule has 0 aliphatic heterocycles. The van der Waals surface area contributed by atoms with Crippen molar-refractivity contribution in [3.8, 4) is 101 Å². The summed E-state index contributed by atoms with van der Waals surface area (Å²) in [5.74, 6) is 1.83. The maximum atomic E-state index is 6.65. The Morgan fingerprint density at radius 3 is 0.812 bits per heavy atom. The summed E-state index contributed by atoms with van der Waals surface area (Å²) in [6.07, 6.45) is 0. The van der Waals surface area contributed by atoms with Crippen LogP contribution >= 0.6 is 0 Å². The first-order valence-corrected chi connectivity index (χ1v) is 47.0. The number of fused-ring (bicyclic) bond motifs is 24. The lowest BCUT2D eigenvalue weighted by atomic mass is 9.84. The van der Waals surface area contributed by atoms with E-state index in [-0.39, 0.29) is 0 Å². The smallest absolute Gasteiger partial charge is 0.145 e. The molecular weight excluding hydrogens is 1680 g/mol. The van der Waals surface area contributed by atoms with Crippen LogP contribution in [-0.2, 0) is 0 Å². The van der Waals surface area contributed by atoms with E-state index in [0.717, 1.165) is 199 Å². The fraction of sp³-hybridized carbons (Fsp3) is 0. The van der Waals surface area contributed by atoms with Crippen molar-refractivity contribution in [2.45, 2.75) is 0 Å². The second kappa shape index (κ2) is 30.5. The predicted octanol–water partition coefficient (Wildman–Crippen LogP) is 36.2. The molecule has 6 heterocycles. The molecule has 0 saturated heterocycles. The van der Waals surface area contributed by atoms with Crippen LogP contribution in [0.15, 0.2) is 479 Å². The lowest BCUT2D eigenvalue weighted by Crippen LogP contribution is -1.97. The molecule has 24 aromatic carbocycles. The zero-order valence-corrected chi connectivity index (χ0v) is 74.3. The Balaban J connectivity index is 0.000000133. The van der Waals surface area contributed by atoms with E-state index in [1.165, 1.54) is 97.7 Å². The van der Waals surface area contributed by atoms with Gasteiger partial charge >= 0.3 is 0 Å². The summed E-state index contributed by atoms with van der Waals surface area (Å²) in [7, 11) is 0. The van der Waals surface area contributed by atoms with E-state index in [1.807, 2.05) is 0 Å². The van der Waals surface area contributed by atoms with E-state index in [0.29, 0.717) is 0 Å². The second-order valence-electron chi connectivity index (χ2n) is 36.4. The van der Waals surface area contributed by atoms with E-state index in [2.05, 4.69) is 470 Å². The lowest BCUT2D eigenvalue weighted by molar-refractivity contribution is 0.669. The summed E-state index contributed by atoms with van der Waals surface area (Å²) >= 11 is 0. The standard InChI is InChI=1S/2C65H38N2O2/c1-2-16-48(17-3-1)67-58-21-11-10-20-57(58)66-65(67)40-24-22-39(23-25-40)45-26-29-51-56(34-45)64(47-28-31-60-53(36-47)55-33-42-13-5-7-15-44(42)38-62(55)69-60)50-19-9-8-18-49(50)63(51)46-27-30-59-52(35-46)54-32-41-12-4-6-14-43(41)37-61(54)68-59;1-2-14-46(15-3-1)67-58-21-11-10-20-57(58)66-65(67)42-24-22-39(23-25-42)43-28-31-51-56(36-43)62(45-30-35-60-55(38-45)53-33-27-41-13-5-7-17-48(41)64(53)69-60)50-19-9-8-18-49(50)61(51)44-29-34-59-54(37-44)52-32-26-40-12-4-6-16-47(40)63(52)68-59/h2*1-38H. The van der Waals surface area contributed by atoms with Gasteiger partial charge in [-0.25, -0.2) is 9.97 Å². The number of hydrogen-bond acceptors (Lipinski definition) is 6. The second-order valence-corrected chi connectivity index (χ2v) is 36.4. The van der Waals surface area contributed by atoms with Crippen LogP contribution in [0.25, 0.3) is 297 Å². The highest BCUT2D eigenvalue weighted by Gasteiger charge is 2.27. The molecule has 30 rings (SSSR count). The number of nitrogens with zero attached hydrogens (tertiary/aromatic N) is 4. The molecule has 0 unspecified atom stereocenters. The largest absolute Gasteiger partial charge is 0.456 e. The molecular formula is C130H76N4O4. The SMILES string of the molecule is c1ccc(-n2c(-c3ccc(-c4ccc5c(-c6ccc7oc8c9ccccc9ccc8c7c6)c6ccccc6c(-c6ccc7oc8c9ccccc9ccc8c7c6)c5c4)cc3)nc3ccccc32)cc1.c1ccc(-n2c(-c3ccc(-c4ccc5c(-c6ccc7oc8cc9ccccc9cc8c7c6)c6ccccc6c(-c6ccc7oc8cc9ccccc9cc8c7c6)c5c4)cc3)nc3ccccc32)cc1. The van der Waals surface area contributed by atoms with Crippen molar-refractivity contribution < 1.29 is 17.7 Å². The Labute approximate surface area is 789 Å². The Morgan fingerprint density at radius 1 is 0.152 bits per heavy atom. The third kappa shape index (κ3) is 12.2. The van der Waals surface area contributed by atoms with Crippen molar-refractivity contribution in [1.82, 2.24) is 19.1 Å². The topological polar surface area (TPSA) is 88.2 Å². The number of benzene rings is 24. The molecule has 0 N–H and O–H groups in total. The van der Waals surface area contributed by atoms with Gasteiger partial charge in [0.1, 0.15) is 56.3 Å². The minimum Gasteiger partial charge on any atom is -0.456 e. The molecule has 0 radical (unpaired) electrons. The Hall–Kier alpha value is -18.5. The highest BCUT2D eigenvalue weighted by atomic mass is 16.3. The van der Waals surface area contributed by atoms with Gasteiger partial charge in [0.05, 0.1) is 22.1 Å². The zero-order chi connectivity index (χ0) is 90.3. The number of aromatic nitrogens is 4. The van der Waals surface area contributed by atoms with Crippen molar-refractivity contribution in [2.75, 3.05) is 0 Å². The third-order valence-corrected chi connectivity index (χ3v) is 28.7. The van der Waals surface area contributed by atoms with Gasteiger partial charge in [-0.05, 0) is 288 Å². The minimum absolute atomic E-state index is 0.879. The molecule has 8 heteroatoms. The van der Waals surface area contributed by atoms with Crippen molar-refractivity contribution in [3.63, 3.8) is 0 Å². The summed E-state index contributed by atoms with van der Waals surface area (Å²) in [4.78, 5) is 10.3. The van der Waals surface area contributed by atoms with Gasteiger partial charge in [0.2, 0.25) is 0 Å². The summed E-state index contributed by atoms with van der Waals surface area (Å²) in [6, 6.07) is 166. The van der Waals surface area contributed by atoms with E-state index >= 15 is 0 Å². The molecule has 0 saturated carbocycles. The first kappa shape index (κ1) is 77.1. The third-order valence-electron chi connectivity index (χ3n) is 28.7. The van der Waals surface area contributed by atoms with Crippen LogP contribution in [0.4, 0.5) is 0 Å². The zero-order valence-electron chi connectivity index (χ0n) is 74.3. The Bertz CT molecular complexity index is 10000. The first-order chi connectivity index (χ1) is 68.4. The number of imidazole rings is 2. The molecule has 138 heavy (non-hydrogen) atoms. The van der Waals surface area contributed by atoms with Gasteiger partial charge in [0, 0.05) is 76.4 Å². The average Bonchev–Trinajstić information content (AvgIpc) is 1.02. The number of hydrogen-bond donors (Lipinski definition) is 0. The van der Waals surface area contributed by atoms with Gasteiger partial charge in [0.15, 0.2) is 0 Å². The van der Waals surface area contributed by atoms with E-state index in [4.69, 9.17) is 27.6 Å². The summed E-state index contributed by atoms with van der Waals surface area (Å²) in [6.45, 7) is 0. The summed E-state index contributed by atoms with van der Waals surface area (Å²) < 4.78 is 30.8. The normalized spacial score (nSPS) is 12.1. The molecule has 0 atom stereocenters. The molecule has 6 aromatic heterocycles. The maximum absolute atomic E-state index is 6.65. The first-order valence-electron chi connectivity index (χ1n) is 47.0. The fourth-order valence-electron chi connectivity index (χ4n) is 22.3. The molecule has 8 nitrogen and oxygen atoms in total. The van der Waals surface area contributed by atoms with Crippen LogP contribution in [0.2, 0.25) is 0 Å². The van der Waals surface area contributed by atoms with Crippen LogP contribution in [-0.4, -0.2) is 19.1 Å². The molecule has 0 fully saturated rings. The molecule has 0 bridgehead atoms. The Kier molecular flexibility index (Phi) is 17.1. The van der Waals surface area contributed by atoms with E-state index in [1.54, 1.807) is 0 Å². The minimum atomic E-state index is 0.879. The molecule has 640 valence electrons. The van der Waals surface area contributed by atoms with Gasteiger partial charge in [0.25, 0.3) is 0 Å². The summed E-state index contributed by atoms with van der Waals surface area (Å²) in [5.41, 5.74) is 29.4. The van der Waals surface area contributed by atoms with Crippen LogP contribution in [0.3, 0.4) is 0 Å². The summed E-state index contributed by atoms with van der Waals surface area (Å²) in [5, 5.41) is 27.7. The molecule has 0 amide bonds. The maximum Gasteiger partial charge on any atom is 0.145 e. The molecule has 0 spiro atoms. The van der Waals surface area contributed by atoms with Gasteiger partial charge in [-0.15, -0.1) is 0 Å². The average molecular weight is 1760 g/mol. The predicted molar refractivity (Wildman–Crippen MR) is 575 cm³/mol. The fourth-order valence-corrected chi connectivity index (χ4v) is 22.3. The molecule has 0 aliphatic rings.